The van der Waals surface area contributed by atoms with Gasteiger partial charge < -0.3 is 0 Å². The molecule has 1 nitrogen and oxygen atoms in total. The van der Waals surface area contributed by atoms with Crippen LogP contribution in [0.5, 0.6) is 0 Å². The van der Waals surface area contributed by atoms with Crippen molar-refractivity contribution >= 4 is 0 Å². The molecule has 0 unspecified atom stereocenters. The Hall–Kier alpha value is -0.0400. The largest absolute Gasteiger partial charge is 0.298 e. The minimum atomic E-state index is 0.439. The van der Waals surface area contributed by atoms with Crippen LogP contribution in [0.3, 0.4) is 0 Å². The Morgan fingerprint density at radius 1 is 1.56 bits per heavy atom. The molecule has 0 aliphatic carbocycles. The summed E-state index contributed by atoms with van der Waals surface area (Å²) in [5.41, 5.74) is 0.439. The molecule has 53 valence electrons. The van der Waals surface area contributed by atoms with Gasteiger partial charge in [0.25, 0.3) is 0 Å². The fraction of sp³-hybridized carbons (Fsp3) is 0.875. The van der Waals surface area contributed by atoms with Crippen LogP contribution < -0.4 is 0 Å². The van der Waals surface area contributed by atoms with Crippen LogP contribution in [-0.4, -0.2) is 23.5 Å². The van der Waals surface area contributed by atoms with Crippen LogP contribution in [0.25, 0.3) is 0 Å². The fourth-order valence-electron chi connectivity index (χ4n) is 1.51. The van der Waals surface area contributed by atoms with E-state index in [2.05, 4.69) is 32.1 Å². The van der Waals surface area contributed by atoms with Crippen LogP contribution in [0.15, 0.2) is 0 Å². The maximum atomic E-state index is 2.49. The van der Waals surface area contributed by atoms with Gasteiger partial charge in [-0.15, -0.1) is 0 Å². The highest BCUT2D eigenvalue weighted by molar-refractivity contribution is 4.96. The second kappa shape index (κ2) is 2.30. The minimum absolute atomic E-state index is 0.439. The van der Waals surface area contributed by atoms with E-state index >= 15 is 0 Å². The molecule has 0 spiro atoms. The van der Waals surface area contributed by atoms with Gasteiger partial charge in [-0.1, -0.05) is 6.92 Å². The van der Waals surface area contributed by atoms with Crippen molar-refractivity contribution in [3.63, 3.8) is 0 Å². The molecule has 1 heterocycles. The Morgan fingerprint density at radius 3 is 2.44 bits per heavy atom. The lowest BCUT2D eigenvalue weighted by Crippen LogP contribution is -2.37. The summed E-state index contributed by atoms with van der Waals surface area (Å²) < 4.78 is 0. The van der Waals surface area contributed by atoms with Crippen molar-refractivity contribution < 1.29 is 0 Å². The summed E-state index contributed by atoms with van der Waals surface area (Å²) in [5.74, 6) is 0. The smallest absolute Gasteiger partial charge is 0.0156 e. The molecule has 0 atom stereocenters. The minimum Gasteiger partial charge on any atom is -0.298 e. The van der Waals surface area contributed by atoms with Crippen molar-refractivity contribution in [3.05, 3.63) is 6.42 Å². The summed E-state index contributed by atoms with van der Waals surface area (Å²) in [7, 11) is 0. The highest BCUT2D eigenvalue weighted by Gasteiger charge is 2.30. The average Bonchev–Trinajstić information content (AvgIpc) is 2.08. The van der Waals surface area contributed by atoms with Gasteiger partial charge in [-0.25, -0.2) is 0 Å². The van der Waals surface area contributed by atoms with Gasteiger partial charge in [0.1, 0.15) is 0 Å². The summed E-state index contributed by atoms with van der Waals surface area (Å²) in [6.07, 6.45) is 3.62. The van der Waals surface area contributed by atoms with E-state index in [1.54, 1.807) is 0 Å². The summed E-state index contributed by atoms with van der Waals surface area (Å²) in [5, 5.41) is 0. The van der Waals surface area contributed by atoms with E-state index in [1.165, 1.54) is 19.5 Å². The first-order valence-electron chi connectivity index (χ1n) is 3.73. The van der Waals surface area contributed by atoms with E-state index in [0.717, 1.165) is 0 Å². The first-order valence-corrected chi connectivity index (χ1v) is 3.73. The molecule has 0 aromatic rings. The zero-order valence-corrected chi connectivity index (χ0v) is 6.65. The second-order valence-electron chi connectivity index (χ2n) is 3.34. The van der Waals surface area contributed by atoms with Gasteiger partial charge in [0, 0.05) is 12.1 Å². The molecule has 1 rings (SSSR count). The lowest BCUT2D eigenvalue weighted by Gasteiger charge is -2.29. The van der Waals surface area contributed by atoms with Gasteiger partial charge in [-0.2, -0.15) is 0 Å². The number of hydrogen-bond acceptors (Lipinski definition) is 1. The third-order valence-corrected chi connectivity index (χ3v) is 2.23. The summed E-state index contributed by atoms with van der Waals surface area (Å²) >= 11 is 0. The van der Waals surface area contributed by atoms with Crippen molar-refractivity contribution in [2.75, 3.05) is 13.1 Å². The SMILES string of the molecule is CCN1C[CH]CC1(C)C. The van der Waals surface area contributed by atoms with E-state index in [-0.39, 0.29) is 0 Å². The van der Waals surface area contributed by atoms with Gasteiger partial charge in [-0.3, -0.25) is 4.90 Å². The predicted molar refractivity (Wildman–Crippen MR) is 40.2 cm³/mol. The first kappa shape index (κ1) is 7.07. The molecule has 1 aliphatic heterocycles. The Morgan fingerprint density at radius 2 is 2.22 bits per heavy atom. The van der Waals surface area contributed by atoms with Crippen LogP contribution >= 0.6 is 0 Å². The molecule has 1 heteroatoms. The first-order chi connectivity index (χ1) is 4.17. The number of likely N-dealkylation sites (tertiary alicyclic amines) is 1. The standard InChI is InChI=1S/C8H16N/c1-4-9-7-5-6-8(9,2)3/h5H,4,6-7H2,1-3H3. The van der Waals surface area contributed by atoms with Crippen LogP contribution in [0, 0.1) is 6.42 Å². The van der Waals surface area contributed by atoms with E-state index < -0.39 is 0 Å². The van der Waals surface area contributed by atoms with Crippen molar-refractivity contribution in [1.29, 1.82) is 0 Å². The lowest BCUT2D eigenvalue weighted by atomic mass is 10.0. The summed E-state index contributed by atoms with van der Waals surface area (Å²) in [4.78, 5) is 2.49. The van der Waals surface area contributed by atoms with Crippen molar-refractivity contribution in [1.82, 2.24) is 4.90 Å². The van der Waals surface area contributed by atoms with Gasteiger partial charge in [0.05, 0.1) is 0 Å². The van der Waals surface area contributed by atoms with E-state index in [4.69, 9.17) is 0 Å². The normalized spacial score (nSPS) is 27.0. The molecule has 1 saturated heterocycles. The molecule has 0 bridgehead atoms. The van der Waals surface area contributed by atoms with Crippen LogP contribution in [-0.2, 0) is 0 Å². The molecular formula is C8H16N. The summed E-state index contributed by atoms with van der Waals surface area (Å²) in [6.45, 7) is 9.20. The maximum absolute atomic E-state index is 2.49. The van der Waals surface area contributed by atoms with Gasteiger partial charge >= 0.3 is 0 Å². The van der Waals surface area contributed by atoms with Crippen molar-refractivity contribution in [3.8, 4) is 0 Å². The molecule has 1 aliphatic rings. The molecule has 0 aromatic carbocycles. The molecule has 0 amide bonds. The lowest BCUT2D eigenvalue weighted by molar-refractivity contribution is 0.185. The van der Waals surface area contributed by atoms with Gasteiger partial charge in [0.15, 0.2) is 0 Å². The highest BCUT2D eigenvalue weighted by Crippen LogP contribution is 2.26. The van der Waals surface area contributed by atoms with Crippen molar-refractivity contribution in [2.45, 2.75) is 32.7 Å². The van der Waals surface area contributed by atoms with Crippen molar-refractivity contribution in [2.24, 2.45) is 0 Å². The Balaban J connectivity index is 2.52. The summed E-state index contributed by atoms with van der Waals surface area (Å²) in [6, 6.07) is 0. The molecular weight excluding hydrogens is 110 g/mol. The molecule has 0 saturated carbocycles. The Kier molecular flexibility index (Phi) is 1.80. The predicted octanol–water partition coefficient (Wildman–Crippen LogP) is 1.69. The van der Waals surface area contributed by atoms with Crippen LogP contribution in [0.1, 0.15) is 27.2 Å². The third kappa shape index (κ3) is 1.26. The molecule has 9 heavy (non-hydrogen) atoms. The molecule has 0 aromatic heterocycles. The quantitative estimate of drug-likeness (QED) is 0.517. The second-order valence-corrected chi connectivity index (χ2v) is 3.34. The van der Waals surface area contributed by atoms with Crippen LogP contribution in [0.4, 0.5) is 0 Å². The van der Waals surface area contributed by atoms with E-state index in [0.29, 0.717) is 5.54 Å². The number of nitrogens with zero attached hydrogens (tertiary/aromatic N) is 1. The van der Waals surface area contributed by atoms with E-state index in [9.17, 15) is 0 Å². The maximum Gasteiger partial charge on any atom is 0.0156 e. The Bertz CT molecular complexity index is 96.7. The Labute approximate surface area is 58.0 Å². The zero-order chi connectivity index (χ0) is 6.91. The van der Waals surface area contributed by atoms with Gasteiger partial charge in [0.2, 0.25) is 0 Å². The monoisotopic (exact) mass is 126 g/mol. The molecule has 1 fully saturated rings. The topological polar surface area (TPSA) is 3.24 Å². The highest BCUT2D eigenvalue weighted by atomic mass is 15.2. The van der Waals surface area contributed by atoms with Gasteiger partial charge in [-0.05, 0) is 33.2 Å². The third-order valence-electron chi connectivity index (χ3n) is 2.23. The number of rotatable bonds is 1. The molecule has 1 radical (unpaired) electrons. The fourth-order valence-corrected chi connectivity index (χ4v) is 1.51. The number of hydrogen-bond donors (Lipinski definition) is 0. The van der Waals surface area contributed by atoms with E-state index in [1.807, 2.05) is 0 Å². The zero-order valence-electron chi connectivity index (χ0n) is 6.65. The molecule has 0 N–H and O–H groups in total. The van der Waals surface area contributed by atoms with Crippen LogP contribution in [0.2, 0.25) is 0 Å². The average molecular weight is 126 g/mol.